The molecule has 2 aromatic rings. The average molecular weight is 395 g/mol. The van der Waals surface area contributed by atoms with Gasteiger partial charge < -0.3 is 14.5 Å². The highest BCUT2D eigenvalue weighted by Gasteiger charge is 2.22. The van der Waals surface area contributed by atoms with Gasteiger partial charge in [-0.1, -0.05) is 42.5 Å². The Morgan fingerprint density at radius 3 is 2.66 bits per heavy atom. The monoisotopic (exact) mass is 394 g/mol. The molecule has 1 fully saturated rings. The van der Waals surface area contributed by atoms with Gasteiger partial charge in [0, 0.05) is 26.1 Å². The second-order valence-corrected chi connectivity index (χ2v) is 8.20. The lowest BCUT2D eigenvalue weighted by Gasteiger charge is -2.34. The van der Waals surface area contributed by atoms with Gasteiger partial charge >= 0.3 is 0 Å². The number of aryl methyl sites for hydroxylation is 1. The molecular formula is C25H34N2O2. The molecule has 0 unspecified atom stereocenters. The zero-order chi connectivity index (χ0) is 20.5. The first-order valence-corrected chi connectivity index (χ1v) is 10.8. The number of methoxy groups -OCH3 is 1. The van der Waals surface area contributed by atoms with Crippen LogP contribution in [0.5, 0.6) is 5.75 Å². The fraction of sp³-hybridized carbons (Fsp3) is 0.480. The summed E-state index contributed by atoms with van der Waals surface area (Å²) in [5, 5.41) is 0. The third-order valence-corrected chi connectivity index (χ3v) is 5.83. The van der Waals surface area contributed by atoms with Crippen LogP contribution in [-0.2, 0) is 17.6 Å². The summed E-state index contributed by atoms with van der Waals surface area (Å²) in [6.07, 6.45) is 4.66. The second-order valence-electron chi connectivity index (χ2n) is 8.20. The summed E-state index contributed by atoms with van der Waals surface area (Å²) in [4.78, 5) is 17.6. The van der Waals surface area contributed by atoms with Crippen molar-refractivity contribution < 1.29 is 9.53 Å². The van der Waals surface area contributed by atoms with E-state index in [1.54, 1.807) is 7.11 Å². The largest absolute Gasteiger partial charge is 0.497 e. The zero-order valence-electron chi connectivity index (χ0n) is 17.8. The molecule has 4 nitrogen and oxygen atoms in total. The van der Waals surface area contributed by atoms with Gasteiger partial charge in [0.25, 0.3) is 0 Å². The Kier molecular flexibility index (Phi) is 8.12. The normalized spacial score (nSPS) is 17.1. The number of hydrogen-bond donors (Lipinski definition) is 0. The Morgan fingerprint density at radius 2 is 1.90 bits per heavy atom. The highest BCUT2D eigenvalue weighted by Crippen LogP contribution is 2.19. The Labute approximate surface area is 175 Å². The maximum atomic E-state index is 13.1. The number of benzene rings is 2. The minimum Gasteiger partial charge on any atom is -0.497 e. The third kappa shape index (κ3) is 6.90. The quantitative estimate of drug-likeness (QED) is 0.643. The first-order valence-electron chi connectivity index (χ1n) is 10.8. The fourth-order valence-corrected chi connectivity index (χ4v) is 4.20. The molecule has 0 radical (unpaired) electrons. The van der Waals surface area contributed by atoms with Crippen LogP contribution in [0.25, 0.3) is 0 Å². The summed E-state index contributed by atoms with van der Waals surface area (Å²) < 4.78 is 5.31. The van der Waals surface area contributed by atoms with E-state index in [0.717, 1.165) is 43.8 Å². The highest BCUT2D eigenvalue weighted by atomic mass is 16.5. The highest BCUT2D eigenvalue weighted by molar-refractivity contribution is 5.76. The molecule has 2 aromatic carbocycles. The molecule has 0 aromatic heterocycles. The van der Waals surface area contributed by atoms with Gasteiger partial charge in [0.05, 0.1) is 7.11 Å². The SMILES string of the molecule is COc1cccc(CCC(=O)N(CCc2ccccc2)C[C@@H]2CCCN(C)C2)c1. The van der Waals surface area contributed by atoms with Crippen molar-refractivity contribution in [2.45, 2.75) is 32.1 Å². The molecule has 0 saturated carbocycles. The third-order valence-electron chi connectivity index (χ3n) is 5.83. The van der Waals surface area contributed by atoms with Crippen molar-refractivity contribution in [2.75, 3.05) is 40.3 Å². The molecule has 0 spiro atoms. The molecule has 1 heterocycles. The smallest absolute Gasteiger partial charge is 0.222 e. The Bertz CT molecular complexity index is 762. The average Bonchev–Trinajstić information content (AvgIpc) is 2.76. The summed E-state index contributed by atoms with van der Waals surface area (Å²) >= 11 is 0. The lowest BCUT2D eigenvalue weighted by Crippen LogP contribution is -2.42. The summed E-state index contributed by atoms with van der Waals surface area (Å²) in [5.41, 5.74) is 2.44. The molecule has 1 aliphatic heterocycles. The molecule has 1 amide bonds. The van der Waals surface area contributed by atoms with Crippen molar-refractivity contribution in [1.29, 1.82) is 0 Å². The minimum absolute atomic E-state index is 0.261. The molecule has 1 atom stereocenters. The van der Waals surface area contributed by atoms with E-state index in [-0.39, 0.29) is 5.91 Å². The molecule has 4 heteroatoms. The van der Waals surface area contributed by atoms with Gasteiger partial charge in [-0.15, -0.1) is 0 Å². The Morgan fingerprint density at radius 1 is 1.10 bits per heavy atom. The van der Waals surface area contributed by atoms with Crippen molar-refractivity contribution in [3.05, 3.63) is 65.7 Å². The first-order chi connectivity index (χ1) is 14.1. The van der Waals surface area contributed by atoms with E-state index in [4.69, 9.17) is 4.74 Å². The number of piperidine rings is 1. The number of carbonyl (C=O) groups is 1. The van der Waals surface area contributed by atoms with Crippen LogP contribution in [-0.4, -0.2) is 56.0 Å². The van der Waals surface area contributed by atoms with Crippen molar-refractivity contribution in [2.24, 2.45) is 5.92 Å². The van der Waals surface area contributed by atoms with E-state index >= 15 is 0 Å². The van der Waals surface area contributed by atoms with Crippen LogP contribution in [0, 0.1) is 5.92 Å². The maximum Gasteiger partial charge on any atom is 0.222 e. The van der Waals surface area contributed by atoms with Gasteiger partial charge in [0.15, 0.2) is 0 Å². The van der Waals surface area contributed by atoms with Crippen LogP contribution < -0.4 is 4.74 Å². The number of likely N-dealkylation sites (tertiary alicyclic amines) is 1. The number of amides is 1. The van der Waals surface area contributed by atoms with E-state index < -0.39 is 0 Å². The summed E-state index contributed by atoms with van der Waals surface area (Å²) in [7, 11) is 3.86. The lowest BCUT2D eigenvalue weighted by molar-refractivity contribution is -0.132. The van der Waals surface area contributed by atoms with E-state index in [0.29, 0.717) is 12.3 Å². The number of hydrogen-bond acceptors (Lipinski definition) is 3. The predicted molar refractivity (Wildman–Crippen MR) is 118 cm³/mol. The standard InChI is InChI=1S/C25H34N2O2/c1-26-16-7-11-23(19-26)20-27(17-15-21-8-4-3-5-9-21)25(28)14-13-22-10-6-12-24(18-22)29-2/h3-6,8-10,12,18,23H,7,11,13-17,19-20H2,1-2H3/t23-/m1/s1. The zero-order valence-corrected chi connectivity index (χ0v) is 17.8. The van der Waals surface area contributed by atoms with E-state index in [1.807, 2.05) is 24.3 Å². The number of nitrogens with zero attached hydrogens (tertiary/aromatic N) is 2. The summed E-state index contributed by atoms with van der Waals surface area (Å²) in [5.74, 6) is 1.68. The topological polar surface area (TPSA) is 32.8 Å². The molecule has 1 aliphatic rings. The van der Waals surface area contributed by atoms with E-state index in [1.165, 1.54) is 24.9 Å². The molecular weight excluding hydrogens is 360 g/mol. The van der Waals surface area contributed by atoms with Gasteiger partial charge in [-0.25, -0.2) is 0 Å². The predicted octanol–water partition coefficient (Wildman–Crippen LogP) is 4.04. The second kappa shape index (κ2) is 11.0. The van der Waals surface area contributed by atoms with Gasteiger partial charge in [-0.05, 0) is 68.5 Å². The summed E-state index contributed by atoms with van der Waals surface area (Å²) in [6.45, 7) is 3.92. The van der Waals surface area contributed by atoms with Gasteiger partial charge in [-0.3, -0.25) is 4.79 Å². The van der Waals surface area contributed by atoms with Crippen LogP contribution in [0.4, 0.5) is 0 Å². The van der Waals surface area contributed by atoms with E-state index in [2.05, 4.69) is 47.2 Å². The molecule has 0 bridgehead atoms. The fourth-order valence-electron chi connectivity index (χ4n) is 4.20. The number of rotatable bonds is 9. The Balaban J connectivity index is 1.60. The van der Waals surface area contributed by atoms with Crippen LogP contribution in [0.15, 0.2) is 54.6 Å². The molecule has 0 N–H and O–H groups in total. The van der Waals surface area contributed by atoms with Gasteiger partial charge in [0.1, 0.15) is 5.75 Å². The molecule has 156 valence electrons. The van der Waals surface area contributed by atoms with Crippen molar-refractivity contribution in [1.82, 2.24) is 9.80 Å². The van der Waals surface area contributed by atoms with Crippen molar-refractivity contribution in [3.8, 4) is 5.75 Å². The summed E-state index contributed by atoms with van der Waals surface area (Å²) in [6, 6.07) is 18.5. The van der Waals surface area contributed by atoms with Crippen molar-refractivity contribution >= 4 is 5.91 Å². The Hall–Kier alpha value is -2.33. The van der Waals surface area contributed by atoms with Crippen LogP contribution in [0.1, 0.15) is 30.4 Å². The van der Waals surface area contributed by atoms with E-state index in [9.17, 15) is 4.79 Å². The molecule has 0 aliphatic carbocycles. The maximum absolute atomic E-state index is 13.1. The van der Waals surface area contributed by atoms with Crippen LogP contribution in [0.2, 0.25) is 0 Å². The number of carbonyl (C=O) groups excluding carboxylic acids is 1. The lowest BCUT2D eigenvalue weighted by atomic mass is 9.97. The minimum atomic E-state index is 0.261. The van der Waals surface area contributed by atoms with Gasteiger partial charge in [-0.2, -0.15) is 0 Å². The van der Waals surface area contributed by atoms with Crippen LogP contribution in [0.3, 0.4) is 0 Å². The number of ether oxygens (including phenoxy) is 1. The first kappa shape index (κ1) is 21.4. The van der Waals surface area contributed by atoms with Crippen LogP contribution >= 0.6 is 0 Å². The molecule has 1 saturated heterocycles. The van der Waals surface area contributed by atoms with Gasteiger partial charge in [0.2, 0.25) is 5.91 Å². The molecule has 29 heavy (non-hydrogen) atoms. The van der Waals surface area contributed by atoms with Crippen molar-refractivity contribution in [3.63, 3.8) is 0 Å². The molecule has 3 rings (SSSR count).